The van der Waals surface area contributed by atoms with Gasteiger partial charge in [-0.2, -0.15) is 0 Å². The maximum Gasteiger partial charge on any atom is 0.163 e. The number of rotatable bonds is 6. The van der Waals surface area contributed by atoms with Gasteiger partial charge in [0, 0.05) is 11.8 Å². The van der Waals surface area contributed by atoms with E-state index < -0.39 is 55.4 Å². The molecule has 2 saturated heterocycles. The van der Waals surface area contributed by atoms with E-state index >= 15 is 0 Å². The lowest BCUT2D eigenvalue weighted by Gasteiger charge is -2.48. The van der Waals surface area contributed by atoms with E-state index in [9.17, 15) is 25.5 Å². The van der Waals surface area contributed by atoms with Gasteiger partial charge in [0.2, 0.25) is 0 Å². The molecular weight excluding hydrogens is 572 g/mol. The molecule has 2 aliphatic carbocycles. The molecule has 4 fully saturated rings. The van der Waals surface area contributed by atoms with Gasteiger partial charge >= 0.3 is 0 Å². The van der Waals surface area contributed by atoms with Crippen LogP contribution in [0.25, 0.3) is 0 Å². The molecule has 10 atom stereocenters. The molecule has 286 valence electrons. The quantitative estimate of drug-likeness (QED) is 0.191. The minimum atomic E-state index is -1.22. The van der Waals surface area contributed by atoms with Crippen molar-refractivity contribution in [2.45, 2.75) is 202 Å². The Balaban J connectivity index is -0.0000000974. The Morgan fingerprint density at radius 2 is 1.04 bits per heavy atom. The number of hydrogen-bond donors (Lipinski definition) is 5. The number of aliphatic hydroxyl groups is 5. The van der Waals surface area contributed by atoms with Gasteiger partial charge in [-0.1, -0.05) is 153 Å². The van der Waals surface area contributed by atoms with E-state index in [1.54, 1.807) is 6.92 Å². The zero-order valence-electron chi connectivity index (χ0n) is 24.6. The molecular formula is C37H90O8. The molecule has 0 aromatic carbocycles. The summed E-state index contributed by atoms with van der Waals surface area (Å²) in [6.07, 6.45) is 2.03. The largest absolute Gasteiger partial charge is 0.394 e. The molecule has 4 aliphatic rings. The highest BCUT2D eigenvalue weighted by Crippen LogP contribution is 2.35. The Bertz CT molecular complexity index is 578. The fraction of sp³-hybridized carbons (Fsp3) is 1.00. The third-order valence-electron chi connectivity index (χ3n) is 7.85. The first-order valence-electron chi connectivity index (χ1n) is 14.8. The van der Waals surface area contributed by atoms with Crippen LogP contribution in [0.5, 0.6) is 0 Å². The van der Waals surface area contributed by atoms with Crippen LogP contribution in [0.1, 0.15) is 153 Å². The minimum Gasteiger partial charge on any atom is -0.394 e. The van der Waals surface area contributed by atoms with Gasteiger partial charge in [0.1, 0.15) is 24.4 Å². The first-order valence-corrected chi connectivity index (χ1v) is 14.8. The van der Waals surface area contributed by atoms with Crippen molar-refractivity contribution >= 4 is 0 Å². The second-order valence-corrected chi connectivity index (χ2v) is 11.6. The lowest BCUT2D eigenvalue weighted by atomic mass is 9.78. The third-order valence-corrected chi connectivity index (χ3v) is 7.85. The van der Waals surface area contributed by atoms with Crippen molar-refractivity contribution in [1.29, 1.82) is 0 Å². The van der Waals surface area contributed by atoms with Crippen LogP contribution in [0.4, 0.5) is 0 Å². The Hall–Kier alpha value is -0.320. The predicted molar refractivity (Wildman–Crippen MR) is 199 cm³/mol. The summed E-state index contributed by atoms with van der Waals surface area (Å²) in [5.74, 6) is 1.41. The Kier molecular flexibility index (Phi) is 45.4. The van der Waals surface area contributed by atoms with Crippen LogP contribution < -0.4 is 0 Å². The van der Waals surface area contributed by atoms with Crippen LogP contribution in [0.15, 0.2) is 0 Å². The van der Waals surface area contributed by atoms with E-state index in [0.29, 0.717) is 0 Å². The highest BCUT2D eigenvalue weighted by Gasteiger charge is 2.49. The molecule has 8 nitrogen and oxygen atoms in total. The van der Waals surface area contributed by atoms with Gasteiger partial charge in [-0.15, -0.1) is 0 Å². The predicted octanol–water partition coefficient (Wildman–Crippen LogP) is 8.59. The molecule has 0 bridgehead atoms. The van der Waals surface area contributed by atoms with E-state index in [1.807, 2.05) is 34.6 Å². The summed E-state index contributed by atoms with van der Waals surface area (Å²) >= 11 is 0. The van der Waals surface area contributed by atoms with Gasteiger partial charge in [-0.3, -0.25) is 0 Å². The van der Waals surface area contributed by atoms with Crippen LogP contribution in [0.3, 0.4) is 0 Å². The van der Waals surface area contributed by atoms with Crippen molar-refractivity contribution in [2.24, 2.45) is 29.6 Å². The second-order valence-electron chi connectivity index (χ2n) is 11.6. The van der Waals surface area contributed by atoms with Crippen molar-refractivity contribution in [3.8, 4) is 0 Å². The number of hydrogen-bond acceptors (Lipinski definition) is 8. The van der Waals surface area contributed by atoms with E-state index in [1.165, 1.54) is 38.5 Å². The molecule has 4 rings (SSSR count). The van der Waals surface area contributed by atoms with E-state index in [-0.39, 0.29) is 84.0 Å². The van der Waals surface area contributed by atoms with Crippen molar-refractivity contribution in [3.63, 3.8) is 0 Å². The van der Waals surface area contributed by atoms with Gasteiger partial charge in [-0.05, 0) is 17.8 Å². The summed E-state index contributed by atoms with van der Waals surface area (Å²) in [7, 11) is 0. The smallest absolute Gasteiger partial charge is 0.163 e. The van der Waals surface area contributed by atoms with Gasteiger partial charge in [0.05, 0.1) is 31.5 Å². The summed E-state index contributed by atoms with van der Waals surface area (Å²) in [6, 6.07) is 0. The van der Waals surface area contributed by atoms with E-state index in [0.717, 1.165) is 11.8 Å². The summed E-state index contributed by atoms with van der Waals surface area (Å²) in [5, 5.41) is 49.7. The Labute approximate surface area is 284 Å². The number of aliphatic hydroxyl groups excluding tert-OH is 5. The normalized spacial score (nSPS) is 32.3. The summed E-state index contributed by atoms with van der Waals surface area (Å²) in [4.78, 5) is 0. The molecule has 0 aromatic rings. The van der Waals surface area contributed by atoms with Gasteiger partial charge in [0.15, 0.2) is 6.29 Å². The van der Waals surface area contributed by atoms with Crippen molar-refractivity contribution < 1.29 is 39.7 Å². The molecule has 2 aliphatic heterocycles. The van der Waals surface area contributed by atoms with Crippen molar-refractivity contribution in [1.82, 2.24) is 0 Å². The zero-order chi connectivity index (χ0) is 28.3. The summed E-state index contributed by atoms with van der Waals surface area (Å²) < 4.78 is 17.3. The van der Waals surface area contributed by atoms with Crippen molar-refractivity contribution in [2.75, 3.05) is 13.2 Å². The fourth-order valence-corrected chi connectivity index (χ4v) is 4.83. The fourth-order valence-electron chi connectivity index (χ4n) is 4.83. The molecule has 0 amide bonds. The van der Waals surface area contributed by atoms with Gasteiger partial charge in [0.25, 0.3) is 0 Å². The molecule has 0 spiro atoms. The molecule has 45 heavy (non-hydrogen) atoms. The van der Waals surface area contributed by atoms with Crippen LogP contribution in [-0.4, -0.2) is 87.8 Å². The number of ether oxygens (including phenoxy) is 3. The molecule has 8 heteroatoms. The lowest BCUT2D eigenvalue weighted by molar-refractivity contribution is -0.328. The van der Waals surface area contributed by atoms with Gasteiger partial charge in [-0.25, -0.2) is 0 Å². The average Bonchev–Trinajstić information content (AvgIpc) is 3.72. The second kappa shape index (κ2) is 32.2. The summed E-state index contributed by atoms with van der Waals surface area (Å²) in [6.45, 7) is 15.3. The molecule has 2 heterocycles. The molecule has 2 saturated carbocycles. The Morgan fingerprint density at radius 3 is 1.33 bits per heavy atom. The highest BCUT2D eigenvalue weighted by atomic mass is 16.7. The van der Waals surface area contributed by atoms with E-state index in [4.69, 9.17) is 14.2 Å². The summed E-state index contributed by atoms with van der Waals surface area (Å²) in [5.41, 5.74) is 0. The molecule has 4 unspecified atom stereocenters. The first-order chi connectivity index (χ1) is 17.5. The highest BCUT2D eigenvalue weighted by molar-refractivity contribution is 4.94. The van der Waals surface area contributed by atoms with E-state index in [2.05, 4.69) is 13.8 Å². The Morgan fingerprint density at radius 1 is 0.600 bits per heavy atom. The standard InChI is InChI=1S/C17H32O8.C7H14.C3H6.C2H6.8CH4/c1-7(2)15-8(3)13(21)16(11(6-19)23-15)25-17-9(4)12(20)14(22)10(5-18)24-17;1-6(2)7-4-3-5-7;1-2-3-1;1-2;;;;;;;;/h7-22H,5-6H2,1-4H3;6-7H,3-5H2,1-2H3;1-3H2;1-2H3;8*1H4/t8?,9?,10?,11?,12-,13-,14-,15+,16-,17+;;;;;;;;;;;/m1.........../s1. The maximum absolute atomic E-state index is 10.7. The molecule has 0 radical (unpaired) electrons. The minimum absolute atomic E-state index is 0. The maximum atomic E-state index is 10.7. The third kappa shape index (κ3) is 19.3. The van der Waals surface area contributed by atoms with Crippen LogP contribution in [0, 0.1) is 29.6 Å². The topological polar surface area (TPSA) is 129 Å². The van der Waals surface area contributed by atoms with Gasteiger partial charge < -0.3 is 39.7 Å². The van der Waals surface area contributed by atoms with Crippen LogP contribution >= 0.6 is 0 Å². The molecule has 5 N–H and O–H groups in total. The van der Waals surface area contributed by atoms with Crippen LogP contribution in [0.2, 0.25) is 0 Å². The molecule has 0 aromatic heterocycles. The zero-order valence-corrected chi connectivity index (χ0v) is 24.6. The SMILES string of the molecule is C.C.C.C.C.C.C.C.C1CC1.CC.CC(C)C1CCC1.CC(C)[C@@H]1OC(CO)[C@@H](O[C@@H]2OC(CO)[C@@H](O)[C@H](O)C2C)[C@H](O)C1C. The first kappa shape index (κ1) is 63.4. The average molecular weight is 663 g/mol. The monoisotopic (exact) mass is 663 g/mol. The van der Waals surface area contributed by atoms with Crippen molar-refractivity contribution in [3.05, 3.63) is 0 Å². The lowest BCUT2D eigenvalue weighted by Crippen LogP contribution is -2.61. The van der Waals surface area contributed by atoms with Crippen LogP contribution in [-0.2, 0) is 14.2 Å².